The van der Waals surface area contributed by atoms with Gasteiger partial charge in [-0.05, 0) is 12.1 Å². The van der Waals surface area contributed by atoms with Crippen LogP contribution < -0.4 is 0 Å². The predicted molar refractivity (Wildman–Crippen MR) is 60.8 cm³/mol. The van der Waals surface area contributed by atoms with Crippen molar-refractivity contribution < 1.29 is 9.90 Å². The second-order valence-corrected chi connectivity index (χ2v) is 4.10. The molecule has 1 N–H and O–H groups in total. The van der Waals surface area contributed by atoms with Gasteiger partial charge in [0.15, 0.2) is 0 Å². The summed E-state index contributed by atoms with van der Waals surface area (Å²) in [6.45, 7) is -0.193. The van der Waals surface area contributed by atoms with E-state index >= 15 is 0 Å². The molecule has 0 bridgehead atoms. The van der Waals surface area contributed by atoms with Crippen molar-refractivity contribution in [3.8, 4) is 11.3 Å². The lowest BCUT2D eigenvalue weighted by Gasteiger charge is -2.03. The lowest BCUT2D eigenvalue weighted by Crippen LogP contribution is -2.11. The van der Waals surface area contributed by atoms with Crippen molar-refractivity contribution in [2.75, 3.05) is 0 Å². The summed E-state index contributed by atoms with van der Waals surface area (Å²) in [4.78, 5) is 10.6. The summed E-state index contributed by atoms with van der Waals surface area (Å²) in [7, 11) is 0. The van der Waals surface area contributed by atoms with Crippen LogP contribution in [0.5, 0.6) is 0 Å². The molecule has 1 heterocycles. The summed E-state index contributed by atoms with van der Waals surface area (Å²) in [6, 6.07) is 7.53. The number of carbonyl (C=O) groups is 1. The number of benzene rings is 1. The molecule has 16 heavy (non-hydrogen) atoms. The smallest absolute Gasteiger partial charge is 0.325 e. The van der Waals surface area contributed by atoms with Gasteiger partial charge in [0, 0.05) is 10.0 Å². The van der Waals surface area contributed by atoms with E-state index in [1.807, 2.05) is 24.3 Å². The van der Waals surface area contributed by atoms with Crippen LogP contribution in [0.4, 0.5) is 0 Å². The molecule has 1 aromatic carbocycles. The Kier molecular flexibility index (Phi) is 3.00. The minimum Gasteiger partial charge on any atom is -0.480 e. The molecular weight excluding hydrogens is 274 g/mol. The fourth-order valence-electron chi connectivity index (χ4n) is 1.37. The monoisotopic (exact) mass is 281 g/mol. The first-order valence-corrected chi connectivity index (χ1v) is 5.32. The molecule has 0 aliphatic rings. The zero-order valence-corrected chi connectivity index (χ0v) is 9.75. The van der Waals surface area contributed by atoms with Crippen LogP contribution in [0.3, 0.4) is 0 Å². The Labute approximate surface area is 99.8 Å². The van der Waals surface area contributed by atoms with Gasteiger partial charge < -0.3 is 5.11 Å². The molecular formula is C10H8BrN3O2. The first-order valence-electron chi connectivity index (χ1n) is 4.53. The maximum Gasteiger partial charge on any atom is 0.325 e. The van der Waals surface area contributed by atoms with E-state index in [4.69, 9.17) is 5.11 Å². The third kappa shape index (κ3) is 2.27. The van der Waals surface area contributed by atoms with Crippen LogP contribution in [0, 0.1) is 0 Å². The molecule has 1 aromatic heterocycles. The van der Waals surface area contributed by atoms with Gasteiger partial charge >= 0.3 is 5.97 Å². The lowest BCUT2D eigenvalue weighted by molar-refractivity contribution is -0.137. The molecule has 0 fully saturated rings. The third-order valence-electron chi connectivity index (χ3n) is 2.02. The van der Waals surface area contributed by atoms with Crippen LogP contribution in [0.2, 0.25) is 0 Å². The Hall–Kier alpha value is -1.69. The standard InChI is InChI=1S/C10H8BrN3O2/c11-8-3-1-2-7(4-8)9-5-12-13-14(9)6-10(15)16/h1-5H,6H2,(H,15,16). The van der Waals surface area contributed by atoms with Crippen LogP contribution in [-0.4, -0.2) is 26.1 Å². The van der Waals surface area contributed by atoms with Crippen molar-refractivity contribution in [1.29, 1.82) is 0 Å². The molecule has 0 amide bonds. The Morgan fingerprint density at radius 2 is 2.31 bits per heavy atom. The zero-order valence-electron chi connectivity index (χ0n) is 8.17. The van der Waals surface area contributed by atoms with Gasteiger partial charge in [0.25, 0.3) is 0 Å². The number of hydrogen-bond acceptors (Lipinski definition) is 3. The van der Waals surface area contributed by atoms with Gasteiger partial charge in [0.1, 0.15) is 6.54 Å². The molecule has 2 aromatic rings. The zero-order chi connectivity index (χ0) is 11.5. The number of nitrogens with zero attached hydrogens (tertiary/aromatic N) is 3. The Morgan fingerprint density at radius 1 is 1.50 bits per heavy atom. The first kappa shape index (κ1) is 10.8. The van der Waals surface area contributed by atoms with E-state index in [-0.39, 0.29) is 6.54 Å². The molecule has 0 unspecified atom stereocenters. The highest BCUT2D eigenvalue weighted by atomic mass is 79.9. The Balaban J connectivity index is 2.40. The summed E-state index contributed by atoms with van der Waals surface area (Å²) in [5.74, 6) is -0.943. The molecule has 0 atom stereocenters. The second kappa shape index (κ2) is 4.44. The summed E-state index contributed by atoms with van der Waals surface area (Å²) in [6.07, 6.45) is 1.55. The summed E-state index contributed by atoms with van der Waals surface area (Å²) in [5.41, 5.74) is 1.56. The molecule has 5 nitrogen and oxygen atoms in total. The Morgan fingerprint density at radius 3 is 3.00 bits per heavy atom. The van der Waals surface area contributed by atoms with E-state index in [9.17, 15) is 4.79 Å². The largest absolute Gasteiger partial charge is 0.480 e. The SMILES string of the molecule is O=C(O)Cn1nncc1-c1cccc(Br)c1. The Bertz CT molecular complexity index is 524. The first-order chi connectivity index (χ1) is 7.66. The molecule has 0 saturated heterocycles. The van der Waals surface area contributed by atoms with Crippen LogP contribution in [0.1, 0.15) is 0 Å². The van der Waals surface area contributed by atoms with Crippen LogP contribution in [0.15, 0.2) is 34.9 Å². The summed E-state index contributed by atoms with van der Waals surface area (Å²) >= 11 is 3.36. The molecule has 82 valence electrons. The van der Waals surface area contributed by atoms with Crippen molar-refractivity contribution in [1.82, 2.24) is 15.0 Å². The number of rotatable bonds is 3. The number of hydrogen-bond donors (Lipinski definition) is 1. The van der Waals surface area contributed by atoms with E-state index < -0.39 is 5.97 Å². The molecule has 0 saturated carbocycles. The van der Waals surface area contributed by atoms with Crippen molar-refractivity contribution >= 4 is 21.9 Å². The van der Waals surface area contributed by atoms with Gasteiger partial charge in [0.2, 0.25) is 0 Å². The number of carboxylic acids is 1. The number of aromatic nitrogens is 3. The lowest BCUT2D eigenvalue weighted by atomic mass is 10.2. The van der Waals surface area contributed by atoms with Crippen LogP contribution in [0.25, 0.3) is 11.3 Å². The van der Waals surface area contributed by atoms with Crippen molar-refractivity contribution in [3.63, 3.8) is 0 Å². The maximum atomic E-state index is 10.6. The minimum absolute atomic E-state index is 0.193. The van der Waals surface area contributed by atoms with E-state index in [0.29, 0.717) is 5.69 Å². The topological polar surface area (TPSA) is 68.0 Å². The highest BCUT2D eigenvalue weighted by Gasteiger charge is 2.09. The quantitative estimate of drug-likeness (QED) is 0.932. The summed E-state index contributed by atoms with van der Waals surface area (Å²) in [5, 5.41) is 16.2. The van der Waals surface area contributed by atoms with Crippen molar-refractivity contribution in [2.24, 2.45) is 0 Å². The van der Waals surface area contributed by atoms with Gasteiger partial charge in [0.05, 0.1) is 11.9 Å². The van der Waals surface area contributed by atoms with Gasteiger partial charge in [-0.25, -0.2) is 4.68 Å². The van der Waals surface area contributed by atoms with Gasteiger partial charge in [-0.2, -0.15) is 0 Å². The molecule has 0 radical (unpaired) electrons. The molecule has 0 aliphatic heterocycles. The van der Waals surface area contributed by atoms with E-state index in [2.05, 4.69) is 26.2 Å². The molecule has 0 spiro atoms. The third-order valence-corrected chi connectivity index (χ3v) is 2.52. The predicted octanol–water partition coefficient (Wildman–Crippen LogP) is 1.79. The minimum atomic E-state index is -0.943. The maximum absolute atomic E-state index is 10.6. The van der Waals surface area contributed by atoms with Crippen molar-refractivity contribution in [2.45, 2.75) is 6.54 Å². The highest BCUT2D eigenvalue weighted by Crippen LogP contribution is 2.21. The second-order valence-electron chi connectivity index (χ2n) is 3.18. The molecule has 0 aliphatic carbocycles. The van der Waals surface area contributed by atoms with Crippen LogP contribution in [-0.2, 0) is 11.3 Å². The average molecular weight is 282 g/mol. The highest BCUT2D eigenvalue weighted by molar-refractivity contribution is 9.10. The van der Waals surface area contributed by atoms with Gasteiger partial charge in [-0.15, -0.1) is 5.10 Å². The molecule has 2 rings (SSSR count). The fourth-order valence-corrected chi connectivity index (χ4v) is 1.77. The van der Waals surface area contributed by atoms with Crippen LogP contribution >= 0.6 is 15.9 Å². The van der Waals surface area contributed by atoms with E-state index in [1.54, 1.807) is 6.20 Å². The van der Waals surface area contributed by atoms with E-state index in [1.165, 1.54) is 4.68 Å². The van der Waals surface area contributed by atoms with Crippen molar-refractivity contribution in [3.05, 3.63) is 34.9 Å². The van der Waals surface area contributed by atoms with Gasteiger partial charge in [-0.1, -0.05) is 33.3 Å². The number of halogens is 1. The van der Waals surface area contributed by atoms with E-state index in [0.717, 1.165) is 10.0 Å². The molecule has 6 heteroatoms. The number of aliphatic carboxylic acids is 1. The fraction of sp³-hybridized carbons (Fsp3) is 0.100. The summed E-state index contributed by atoms with van der Waals surface area (Å²) < 4.78 is 2.28. The number of carboxylic acid groups (broad SMARTS) is 1. The van der Waals surface area contributed by atoms with Gasteiger partial charge in [-0.3, -0.25) is 4.79 Å². The average Bonchev–Trinajstić information content (AvgIpc) is 2.65. The normalized spacial score (nSPS) is 10.3.